The molecule has 20 heavy (non-hydrogen) atoms. The average molecular weight is 339 g/mol. The lowest BCUT2D eigenvalue weighted by atomic mass is 9.94. The molecular weight excluding hydrogens is 320 g/mol. The van der Waals surface area contributed by atoms with Gasteiger partial charge in [-0.25, -0.2) is 0 Å². The third-order valence-electron chi connectivity index (χ3n) is 4.41. The Labute approximate surface area is 127 Å². The predicted octanol–water partition coefficient (Wildman–Crippen LogP) is 2.30. The number of aliphatic hydroxyl groups is 1. The van der Waals surface area contributed by atoms with E-state index in [1.165, 1.54) is 0 Å². The van der Waals surface area contributed by atoms with Crippen LogP contribution in [0.2, 0.25) is 0 Å². The molecule has 1 amide bonds. The summed E-state index contributed by atoms with van der Waals surface area (Å²) in [4.78, 5) is 16.1. The normalized spacial score (nSPS) is 30.7. The van der Waals surface area contributed by atoms with Crippen molar-refractivity contribution >= 4 is 27.5 Å². The molecule has 1 aromatic carbocycles. The average Bonchev–Trinajstić information content (AvgIpc) is 2.62. The second-order valence-corrected chi connectivity index (χ2v) is 6.81. The number of amides is 1. The van der Waals surface area contributed by atoms with Gasteiger partial charge in [-0.15, -0.1) is 0 Å². The van der Waals surface area contributed by atoms with Gasteiger partial charge in [-0.05, 0) is 37.0 Å². The Morgan fingerprint density at radius 1 is 1.45 bits per heavy atom. The van der Waals surface area contributed by atoms with Crippen LogP contribution in [0.3, 0.4) is 0 Å². The number of nitrogens with zero attached hydrogens (tertiary/aromatic N) is 2. The molecule has 0 spiro atoms. The maximum absolute atomic E-state index is 12.6. The zero-order valence-corrected chi connectivity index (χ0v) is 13.4. The molecule has 0 bridgehead atoms. The summed E-state index contributed by atoms with van der Waals surface area (Å²) in [6.07, 6.45) is 2.17. The number of hydrogen-bond acceptors (Lipinski definition) is 3. The molecule has 2 atom stereocenters. The van der Waals surface area contributed by atoms with Crippen molar-refractivity contribution in [2.75, 3.05) is 25.0 Å². The van der Waals surface area contributed by atoms with Gasteiger partial charge in [0.2, 0.25) is 5.72 Å². The Morgan fingerprint density at radius 2 is 2.20 bits per heavy atom. The van der Waals surface area contributed by atoms with E-state index in [2.05, 4.69) is 22.9 Å². The quantitative estimate of drug-likeness (QED) is 0.854. The first-order valence-corrected chi connectivity index (χ1v) is 7.79. The largest absolute Gasteiger partial charge is 0.364 e. The predicted molar refractivity (Wildman–Crippen MR) is 81.4 cm³/mol. The lowest BCUT2D eigenvalue weighted by Gasteiger charge is -2.40. The van der Waals surface area contributed by atoms with E-state index >= 15 is 0 Å². The first-order valence-electron chi connectivity index (χ1n) is 7.00. The fraction of sp³-hybridized carbons (Fsp3) is 0.533. The molecule has 0 radical (unpaired) electrons. The number of likely N-dealkylation sites (tertiary alicyclic amines) is 1. The summed E-state index contributed by atoms with van der Waals surface area (Å²) in [5.74, 6) is 0.252. The summed E-state index contributed by atoms with van der Waals surface area (Å²) in [5.41, 5.74) is -0.0323. The summed E-state index contributed by atoms with van der Waals surface area (Å²) in [5, 5.41) is 11.2. The minimum absolute atomic E-state index is 0.250. The van der Waals surface area contributed by atoms with Crippen molar-refractivity contribution in [2.24, 2.45) is 5.92 Å². The highest BCUT2D eigenvalue weighted by molar-refractivity contribution is 9.10. The Balaban J connectivity index is 2.08. The second-order valence-electron chi connectivity index (χ2n) is 5.89. The third kappa shape index (κ3) is 1.91. The van der Waals surface area contributed by atoms with Gasteiger partial charge in [-0.1, -0.05) is 22.9 Å². The summed E-state index contributed by atoms with van der Waals surface area (Å²) in [7, 11) is 1.72. The van der Waals surface area contributed by atoms with Crippen molar-refractivity contribution in [3.05, 3.63) is 28.2 Å². The molecule has 0 aliphatic carbocycles. The number of carbonyl (C=O) groups excluding carboxylic acids is 1. The molecule has 2 heterocycles. The lowest BCUT2D eigenvalue weighted by Crippen LogP contribution is -2.55. The van der Waals surface area contributed by atoms with Crippen molar-refractivity contribution < 1.29 is 9.90 Å². The van der Waals surface area contributed by atoms with Gasteiger partial charge in [0.05, 0.1) is 5.69 Å². The minimum atomic E-state index is -1.51. The van der Waals surface area contributed by atoms with Gasteiger partial charge >= 0.3 is 0 Å². The van der Waals surface area contributed by atoms with Gasteiger partial charge in [0, 0.05) is 30.2 Å². The van der Waals surface area contributed by atoms with Crippen LogP contribution < -0.4 is 4.90 Å². The van der Waals surface area contributed by atoms with Crippen LogP contribution in [-0.2, 0) is 10.5 Å². The van der Waals surface area contributed by atoms with Gasteiger partial charge < -0.3 is 10.0 Å². The summed E-state index contributed by atoms with van der Waals surface area (Å²) in [6.45, 7) is 3.68. The fourth-order valence-electron chi connectivity index (χ4n) is 3.33. The molecule has 1 N–H and O–H groups in total. The van der Waals surface area contributed by atoms with Gasteiger partial charge in [0.25, 0.3) is 5.91 Å². The number of fused-ring (bicyclic) bond motifs is 1. The van der Waals surface area contributed by atoms with E-state index in [4.69, 9.17) is 0 Å². The third-order valence-corrected chi connectivity index (χ3v) is 4.91. The highest BCUT2D eigenvalue weighted by atomic mass is 79.9. The van der Waals surface area contributed by atoms with Gasteiger partial charge in [-0.3, -0.25) is 9.69 Å². The van der Waals surface area contributed by atoms with Crippen LogP contribution in [0.5, 0.6) is 0 Å². The number of halogens is 1. The molecular formula is C15H19BrN2O2. The number of piperidine rings is 1. The van der Waals surface area contributed by atoms with Gasteiger partial charge in [-0.2, -0.15) is 0 Å². The van der Waals surface area contributed by atoms with Gasteiger partial charge in [0.15, 0.2) is 0 Å². The van der Waals surface area contributed by atoms with Crippen LogP contribution in [-0.4, -0.2) is 36.1 Å². The molecule has 2 aliphatic heterocycles. The smallest absolute Gasteiger partial charge is 0.279 e. The van der Waals surface area contributed by atoms with Crippen LogP contribution >= 0.6 is 15.9 Å². The summed E-state index contributed by atoms with van der Waals surface area (Å²) >= 11 is 3.43. The molecule has 0 saturated carbocycles. The summed E-state index contributed by atoms with van der Waals surface area (Å²) in [6, 6.07) is 5.63. The highest BCUT2D eigenvalue weighted by Gasteiger charge is 2.53. The van der Waals surface area contributed by atoms with Crippen molar-refractivity contribution in [1.29, 1.82) is 0 Å². The Bertz CT molecular complexity index is 563. The molecule has 0 aromatic heterocycles. The lowest BCUT2D eigenvalue weighted by molar-refractivity contribution is -0.165. The van der Waals surface area contributed by atoms with E-state index < -0.39 is 5.72 Å². The van der Waals surface area contributed by atoms with Crippen LogP contribution in [0.1, 0.15) is 25.3 Å². The zero-order valence-electron chi connectivity index (χ0n) is 11.8. The first kappa shape index (κ1) is 14.0. The maximum atomic E-state index is 12.6. The molecule has 4 nitrogen and oxygen atoms in total. The van der Waals surface area contributed by atoms with E-state index in [0.717, 1.165) is 36.1 Å². The standard InChI is InChI=1S/C15H19BrN2O2/c1-10-4-3-7-18(9-10)15(20)12-8-11(16)5-6-13(12)17(2)14(15)19/h5-6,8,10,20H,3-4,7,9H2,1-2H3/t10-,15+/m1/s1. The monoisotopic (exact) mass is 338 g/mol. The molecule has 1 saturated heterocycles. The number of hydrogen-bond donors (Lipinski definition) is 1. The maximum Gasteiger partial charge on any atom is 0.279 e. The minimum Gasteiger partial charge on any atom is -0.364 e. The molecule has 0 unspecified atom stereocenters. The van der Waals surface area contributed by atoms with Gasteiger partial charge in [0.1, 0.15) is 0 Å². The molecule has 2 aliphatic rings. The van der Waals surface area contributed by atoms with E-state index in [9.17, 15) is 9.90 Å². The van der Waals surface area contributed by atoms with Crippen molar-refractivity contribution in [3.63, 3.8) is 0 Å². The van der Waals surface area contributed by atoms with E-state index in [1.54, 1.807) is 11.9 Å². The molecule has 5 heteroatoms. The van der Waals surface area contributed by atoms with Crippen LogP contribution in [0.25, 0.3) is 0 Å². The van der Waals surface area contributed by atoms with E-state index in [0.29, 0.717) is 11.5 Å². The second kappa shape index (κ2) is 4.83. The molecule has 108 valence electrons. The van der Waals surface area contributed by atoms with Crippen LogP contribution in [0, 0.1) is 5.92 Å². The van der Waals surface area contributed by atoms with Crippen molar-refractivity contribution in [1.82, 2.24) is 4.90 Å². The first-order chi connectivity index (χ1) is 9.44. The number of likely N-dealkylation sites (N-methyl/N-ethyl adjacent to an activating group) is 1. The number of benzene rings is 1. The van der Waals surface area contributed by atoms with Crippen molar-refractivity contribution in [3.8, 4) is 0 Å². The Hall–Kier alpha value is -0.910. The molecule has 3 rings (SSSR count). The fourth-order valence-corrected chi connectivity index (χ4v) is 3.69. The SMILES string of the molecule is C[C@@H]1CCCN([C@@]2(O)C(=O)N(C)c3ccc(Br)cc32)C1. The van der Waals surface area contributed by atoms with Crippen molar-refractivity contribution in [2.45, 2.75) is 25.5 Å². The van der Waals surface area contributed by atoms with Crippen LogP contribution in [0.15, 0.2) is 22.7 Å². The Morgan fingerprint density at radius 3 is 2.90 bits per heavy atom. The van der Waals surface area contributed by atoms with Crippen LogP contribution in [0.4, 0.5) is 5.69 Å². The topological polar surface area (TPSA) is 43.8 Å². The number of rotatable bonds is 1. The zero-order chi connectivity index (χ0) is 14.5. The van der Waals surface area contributed by atoms with E-state index in [1.807, 2.05) is 23.1 Å². The summed E-state index contributed by atoms with van der Waals surface area (Å²) < 4.78 is 0.878. The van der Waals surface area contributed by atoms with E-state index in [-0.39, 0.29) is 5.91 Å². The highest BCUT2D eigenvalue weighted by Crippen LogP contribution is 2.44. The number of anilines is 1. The molecule has 1 aromatic rings. The Kier molecular flexibility index (Phi) is 3.39. The number of carbonyl (C=O) groups is 1. The molecule has 1 fully saturated rings.